The van der Waals surface area contributed by atoms with Crippen molar-refractivity contribution in [2.24, 2.45) is 0 Å². The summed E-state index contributed by atoms with van der Waals surface area (Å²) in [4.78, 5) is 18.8. The van der Waals surface area contributed by atoms with Crippen LogP contribution in [0.3, 0.4) is 0 Å². The van der Waals surface area contributed by atoms with Gasteiger partial charge in [0.1, 0.15) is 11.5 Å². The zero-order valence-corrected chi connectivity index (χ0v) is 15.9. The van der Waals surface area contributed by atoms with Gasteiger partial charge in [0, 0.05) is 30.2 Å². The molecule has 0 saturated heterocycles. The average molecular weight is 378 g/mol. The van der Waals surface area contributed by atoms with E-state index in [0.29, 0.717) is 22.8 Å². The zero-order valence-electron chi connectivity index (χ0n) is 15.9. The van der Waals surface area contributed by atoms with Gasteiger partial charge in [-0.15, -0.1) is 0 Å². The van der Waals surface area contributed by atoms with Crippen LogP contribution in [0.2, 0.25) is 0 Å². The lowest BCUT2D eigenvalue weighted by Crippen LogP contribution is -2.21. The SMILES string of the molecule is CCN(CC)c1ccc(NC(=O)c2ccc(Nc3cccc(F)c3)cn2)cc1. The molecule has 2 N–H and O–H groups in total. The fraction of sp³-hybridized carbons (Fsp3) is 0.182. The van der Waals surface area contributed by atoms with Crippen molar-refractivity contribution in [2.45, 2.75) is 13.8 Å². The first-order chi connectivity index (χ1) is 13.6. The van der Waals surface area contributed by atoms with Gasteiger partial charge in [-0.25, -0.2) is 9.37 Å². The number of anilines is 4. The van der Waals surface area contributed by atoms with E-state index in [1.54, 1.807) is 30.5 Å². The molecule has 3 aromatic rings. The summed E-state index contributed by atoms with van der Waals surface area (Å²) in [6.45, 7) is 6.08. The number of pyridine rings is 1. The number of aromatic nitrogens is 1. The maximum Gasteiger partial charge on any atom is 0.274 e. The highest BCUT2D eigenvalue weighted by Gasteiger charge is 2.09. The van der Waals surface area contributed by atoms with Crippen molar-refractivity contribution in [1.29, 1.82) is 0 Å². The molecule has 2 aromatic carbocycles. The maximum atomic E-state index is 13.2. The average Bonchev–Trinajstić information content (AvgIpc) is 2.71. The fourth-order valence-corrected chi connectivity index (χ4v) is 2.87. The van der Waals surface area contributed by atoms with Crippen LogP contribution in [0.25, 0.3) is 0 Å². The van der Waals surface area contributed by atoms with Crippen molar-refractivity contribution < 1.29 is 9.18 Å². The number of carbonyl (C=O) groups excluding carboxylic acids is 1. The van der Waals surface area contributed by atoms with Gasteiger partial charge in [-0.3, -0.25) is 4.79 Å². The number of benzene rings is 2. The van der Waals surface area contributed by atoms with Crippen LogP contribution in [0, 0.1) is 5.82 Å². The van der Waals surface area contributed by atoms with Crippen LogP contribution >= 0.6 is 0 Å². The molecular formula is C22H23FN4O. The van der Waals surface area contributed by atoms with E-state index in [4.69, 9.17) is 0 Å². The van der Waals surface area contributed by atoms with Crippen molar-refractivity contribution in [3.05, 3.63) is 78.4 Å². The summed E-state index contributed by atoms with van der Waals surface area (Å²) in [6, 6.07) is 17.2. The van der Waals surface area contributed by atoms with Crippen molar-refractivity contribution in [3.63, 3.8) is 0 Å². The number of hydrogen-bond donors (Lipinski definition) is 2. The number of nitrogens with zero attached hydrogens (tertiary/aromatic N) is 2. The van der Waals surface area contributed by atoms with E-state index in [0.717, 1.165) is 18.8 Å². The van der Waals surface area contributed by atoms with Gasteiger partial charge in [-0.1, -0.05) is 6.07 Å². The minimum absolute atomic E-state index is 0.284. The first-order valence-electron chi connectivity index (χ1n) is 9.24. The number of amides is 1. The molecule has 0 aliphatic rings. The largest absolute Gasteiger partial charge is 0.372 e. The molecule has 3 rings (SSSR count). The van der Waals surface area contributed by atoms with Crippen molar-refractivity contribution in [3.8, 4) is 0 Å². The number of halogens is 1. The van der Waals surface area contributed by atoms with E-state index >= 15 is 0 Å². The third kappa shape index (κ3) is 4.85. The van der Waals surface area contributed by atoms with Crippen molar-refractivity contribution in [2.75, 3.05) is 28.6 Å². The van der Waals surface area contributed by atoms with E-state index in [9.17, 15) is 9.18 Å². The molecular weight excluding hydrogens is 355 g/mol. The van der Waals surface area contributed by atoms with E-state index in [-0.39, 0.29) is 11.7 Å². The smallest absolute Gasteiger partial charge is 0.274 e. The lowest BCUT2D eigenvalue weighted by Gasteiger charge is -2.21. The number of carbonyl (C=O) groups is 1. The van der Waals surface area contributed by atoms with E-state index in [1.165, 1.54) is 12.1 Å². The van der Waals surface area contributed by atoms with E-state index < -0.39 is 0 Å². The second-order valence-corrected chi connectivity index (χ2v) is 6.24. The molecule has 5 nitrogen and oxygen atoms in total. The second-order valence-electron chi connectivity index (χ2n) is 6.24. The molecule has 6 heteroatoms. The van der Waals surface area contributed by atoms with Crippen molar-refractivity contribution >= 4 is 28.7 Å². The molecule has 0 aliphatic heterocycles. The summed E-state index contributed by atoms with van der Waals surface area (Å²) < 4.78 is 13.2. The predicted molar refractivity (Wildman–Crippen MR) is 112 cm³/mol. The summed E-state index contributed by atoms with van der Waals surface area (Å²) in [6.07, 6.45) is 1.54. The van der Waals surface area contributed by atoms with Crippen LogP contribution in [0.5, 0.6) is 0 Å². The monoisotopic (exact) mass is 378 g/mol. The van der Waals surface area contributed by atoms with Crippen LogP contribution < -0.4 is 15.5 Å². The van der Waals surface area contributed by atoms with E-state index in [1.807, 2.05) is 24.3 Å². The van der Waals surface area contributed by atoms with Crippen LogP contribution in [-0.2, 0) is 0 Å². The standard InChI is InChI=1S/C22H23FN4O/c1-3-27(4-2)20-11-8-17(9-12-20)26-22(28)21-13-10-19(15-24-21)25-18-7-5-6-16(23)14-18/h5-15,25H,3-4H2,1-2H3,(H,26,28). The number of rotatable bonds is 7. The lowest BCUT2D eigenvalue weighted by molar-refractivity contribution is 0.102. The molecule has 0 bridgehead atoms. The predicted octanol–water partition coefficient (Wildman–Crippen LogP) is 5.06. The topological polar surface area (TPSA) is 57.3 Å². The number of hydrogen-bond acceptors (Lipinski definition) is 4. The molecule has 0 radical (unpaired) electrons. The van der Waals surface area contributed by atoms with Gasteiger partial charge in [0.25, 0.3) is 5.91 Å². The van der Waals surface area contributed by atoms with Gasteiger partial charge in [0.05, 0.1) is 11.9 Å². The minimum Gasteiger partial charge on any atom is -0.372 e. The highest BCUT2D eigenvalue weighted by atomic mass is 19.1. The first-order valence-corrected chi connectivity index (χ1v) is 9.24. The molecule has 1 heterocycles. The van der Waals surface area contributed by atoms with Crippen molar-refractivity contribution in [1.82, 2.24) is 4.98 Å². The van der Waals surface area contributed by atoms with Crippen LogP contribution in [0.15, 0.2) is 66.9 Å². The third-order valence-corrected chi connectivity index (χ3v) is 4.36. The molecule has 0 unspecified atom stereocenters. The summed E-state index contributed by atoms with van der Waals surface area (Å²) in [5.74, 6) is -0.603. The van der Waals surface area contributed by atoms with Gasteiger partial charge in [0.2, 0.25) is 0 Å². The zero-order chi connectivity index (χ0) is 19.9. The van der Waals surface area contributed by atoms with Gasteiger partial charge in [-0.05, 0) is 68.4 Å². The Kier molecular flexibility index (Phi) is 6.22. The molecule has 1 amide bonds. The highest BCUT2D eigenvalue weighted by molar-refractivity contribution is 6.03. The molecule has 1 aromatic heterocycles. The molecule has 0 atom stereocenters. The molecule has 0 aliphatic carbocycles. The summed E-state index contributed by atoms with van der Waals surface area (Å²) >= 11 is 0. The van der Waals surface area contributed by atoms with Crippen LogP contribution in [0.4, 0.5) is 27.1 Å². The third-order valence-electron chi connectivity index (χ3n) is 4.36. The Morgan fingerprint density at radius 2 is 1.68 bits per heavy atom. The fourth-order valence-electron chi connectivity index (χ4n) is 2.87. The number of nitrogens with one attached hydrogen (secondary N) is 2. The lowest BCUT2D eigenvalue weighted by atomic mass is 10.2. The van der Waals surface area contributed by atoms with Gasteiger partial charge < -0.3 is 15.5 Å². The molecule has 0 spiro atoms. The van der Waals surface area contributed by atoms with Gasteiger partial charge in [0.15, 0.2) is 0 Å². The second kappa shape index (κ2) is 8.99. The quantitative estimate of drug-likeness (QED) is 0.603. The molecule has 144 valence electrons. The Labute approximate surface area is 164 Å². The Bertz CT molecular complexity index is 922. The van der Waals surface area contributed by atoms with Crippen LogP contribution in [0.1, 0.15) is 24.3 Å². The maximum absolute atomic E-state index is 13.2. The van der Waals surface area contributed by atoms with Gasteiger partial charge >= 0.3 is 0 Å². The molecule has 0 saturated carbocycles. The normalized spacial score (nSPS) is 10.4. The Morgan fingerprint density at radius 3 is 2.29 bits per heavy atom. The first kappa shape index (κ1) is 19.4. The highest BCUT2D eigenvalue weighted by Crippen LogP contribution is 2.19. The summed E-state index contributed by atoms with van der Waals surface area (Å²) in [5, 5.41) is 5.90. The molecule has 0 fully saturated rings. The molecule has 28 heavy (non-hydrogen) atoms. The van der Waals surface area contributed by atoms with Gasteiger partial charge in [-0.2, -0.15) is 0 Å². The Morgan fingerprint density at radius 1 is 0.964 bits per heavy atom. The summed E-state index contributed by atoms with van der Waals surface area (Å²) in [7, 11) is 0. The minimum atomic E-state index is -0.319. The van der Waals surface area contributed by atoms with Crippen LogP contribution in [-0.4, -0.2) is 24.0 Å². The summed E-state index contributed by atoms with van der Waals surface area (Å²) in [5.41, 5.74) is 3.43. The Hall–Kier alpha value is -3.41. The Balaban J connectivity index is 1.63. The van der Waals surface area contributed by atoms with E-state index in [2.05, 4.69) is 34.4 Å².